The second-order valence-corrected chi connectivity index (χ2v) is 7.81. The maximum Gasteiger partial charge on any atom is 0.231 e. The molecule has 29 heavy (non-hydrogen) atoms. The Balaban J connectivity index is 2.13. The summed E-state index contributed by atoms with van der Waals surface area (Å²) < 4.78 is 28.0. The van der Waals surface area contributed by atoms with Crippen molar-refractivity contribution >= 4 is 0 Å². The second-order valence-electron chi connectivity index (χ2n) is 7.81. The summed E-state index contributed by atoms with van der Waals surface area (Å²) >= 11 is 0. The first-order valence-corrected chi connectivity index (χ1v) is 9.51. The van der Waals surface area contributed by atoms with Gasteiger partial charge in [0, 0.05) is 17.5 Å². The van der Waals surface area contributed by atoms with Crippen molar-refractivity contribution in [1.82, 2.24) is 0 Å². The summed E-state index contributed by atoms with van der Waals surface area (Å²) in [5.41, 5.74) is 2.14. The van der Waals surface area contributed by atoms with Crippen LogP contribution in [0.2, 0.25) is 0 Å². The first-order valence-electron chi connectivity index (χ1n) is 9.51. The molecule has 0 radical (unpaired) electrons. The summed E-state index contributed by atoms with van der Waals surface area (Å²) in [7, 11) is 4.55. The predicted molar refractivity (Wildman–Crippen MR) is 107 cm³/mol. The van der Waals surface area contributed by atoms with E-state index in [4.69, 9.17) is 23.7 Å². The molecule has 2 aromatic rings. The molecule has 2 atom stereocenters. The first-order chi connectivity index (χ1) is 13.8. The lowest BCUT2D eigenvalue weighted by molar-refractivity contribution is 0.00629. The average molecular weight is 402 g/mol. The molecule has 7 nitrogen and oxygen atoms in total. The Kier molecular flexibility index (Phi) is 4.65. The van der Waals surface area contributed by atoms with E-state index < -0.39 is 5.60 Å². The van der Waals surface area contributed by atoms with Crippen LogP contribution in [0.4, 0.5) is 0 Å². The number of ether oxygens (including phenoxy) is 5. The number of fused-ring (bicyclic) bond motifs is 4. The van der Waals surface area contributed by atoms with Gasteiger partial charge in [-0.3, -0.25) is 0 Å². The number of aliphatic hydroxyl groups is 1. The number of aromatic hydroxyl groups is 1. The molecule has 1 aliphatic heterocycles. The standard InChI is InChI=1S/C22H26O7/c1-11-6-12-7-15-19(29-10-28-15)21(27-5)16(12)17-13(9-22(11,2)24)8-14(25-3)18(23)20(17)26-4/h7-8,11,23-24H,6,9-10H2,1-5H3/t11-,22-/m1/s1. The number of methoxy groups -OCH3 is 3. The fraction of sp³-hybridized carbons (Fsp3) is 0.455. The summed E-state index contributed by atoms with van der Waals surface area (Å²) in [6.07, 6.45) is 0.943. The topological polar surface area (TPSA) is 86.6 Å². The zero-order chi connectivity index (χ0) is 20.9. The quantitative estimate of drug-likeness (QED) is 0.815. The highest BCUT2D eigenvalue weighted by molar-refractivity contribution is 5.88. The molecule has 1 heterocycles. The maximum absolute atomic E-state index is 11.2. The van der Waals surface area contributed by atoms with Gasteiger partial charge >= 0.3 is 0 Å². The Bertz CT molecular complexity index is 965. The van der Waals surface area contributed by atoms with Crippen LogP contribution >= 0.6 is 0 Å². The highest BCUT2D eigenvalue weighted by atomic mass is 16.7. The number of hydrogen-bond acceptors (Lipinski definition) is 7. The van der Waals surface area contributed by atoms with Gasteiger partial charge in [0.15, 0.2) is 23.0 Å². The van der Waals surface area contributed by atoms with Gasteiger partial charge < -0.3 is 33.9 Å². The lowest BCUT2D eigenvalue weighted by Gasteiger charge is -2.35. The zero-order valence-corrected chi connectivity index (χ0v) is 17.3. The fourth-order valence-electron chi connectivity index (χ4n) is 4.25. The number of phenols is 1. The van der Waals surface area contributed by atoms with Gasteiger partial charge in [0.25, 0.3) is 0 Å². The van der Waals surface area contributed by atoms with E-state index in [-0.39, 0.29) is 30.0 Å². The lowest BCUT2D eigenvalue weighted by atomic mass is 9.75. The molecule has 0 bridgehead atoms. The van der Waals surface area contributed by atoms with E-state index in [0.717, 1.165) is 16.7 Å². The Morgan fingerprint density at radius 1 is 1.00 bits per heavy atom. The number of benzene rings is 2. The molecule has 4 rings (SSSR count). The number of phenolic OH excluding ortho intramolecular Hbond substituents is 1. The van der Waals surface area contributed by atoms with Crippen LogP contribution in [0.3, 0.4) is 0 Å². The molecule has 0 spiro atoms. The molecule has 0 unspecified atom stereocenters. The molecular weight excluding hydrogens is 376 g/mol. The lowest BCUT2D eigenvalue weighted by Crippen LogP contribution is -2.37. The minimum absolute atomic E-state index is 0.0507. The molecule has 2 aliphatic rings. The van der Waals surface area contributed by atoms with Gasteiger partial charge in [-0.15, -0.1) is 0 Å². The number of hydrogen-bond donors (Lipinski definition) is 2. The minimum Gasteiger partial charge on any atom is -0.502 e. The Labute approximate surface area is 169 Å². The summed E-state index contributed by atoms with van der Waals surface area (Å²) in [5.74, 6) is 2.04. The van der Waals surface area contributed by atoms with E-state index in [1.807, 2.05) is 19.9 Å². The molecule has 2 aromatic carbocycles. The molecule has 7 heteroatoms. The van der Waals surface area contributed by atoms with E-state index in [9.17, 15) is 10.2 Å². The van der Waals surface area contributed by atoms with Gasteiger partial charge in [-0.2, -0.15) is 0 Å². The van der Waals surface area contributed by atoms with Gasteiger partial charge in [-0.1, -0.05) is 6.92 Å². The van der Waals surface area contributed by atoms with Crippen LogP contribution in [0.5, 0.6) is 34.5 Å². The van der Waals surface area contributed by atoms with E-state index in [1.165, 1.54) is 14.2 Å². The van der Waals surface area contributed by atoms with Crippen molar-refractivity contribution in [3.8, 4) is 45.6 Å². The Hall–Kier alpha value is -2.80. The monoisotopic (exact) mass is 402 g/mol. The van der Waals surface area contributed by atoms with Crippen molar-refractivity contribution in [3.05, 3.63) is 23.3 Å². The third kappa shape index (κ3) is 2.92. The van der Waals surface area contributed by atoms with Crippen LogP contribution in [0, 0.1) is 5.92 Å². The maximum atomic E-state index is 11.2. The van der Waals surface area contributed by atoms with E-state index in [1.54, 1.807) is 13.2 Å². The van der Waals surface area contributed by atoms with Crippen LogP contribution in [0.25, 0.3) is 11.1 Å². The highest BCUT2D eigenvalue weighted by Gasteiger charge is 2.38. The molecule has 0 amide bonds. The van der Waals surface area contributed by atoms with Crippen LogP contribution in [-0.4, -0.2) is 43.9 Å². The molecule has 0 saturated heterocycles. The number of rotatable bonds is 3. The van der Waals surface area contributed by atoms with Gasteiger partial charge in [0.2, 0.25) is 18.3 Å². The van der Waals surface area contributed by atoms with Crippen molar-refractivity contribution in [2.24, 2.45) is 5.92 Å². The van der Waals surface area contributed by atoms with Crippen molar-refractivity contribution in [3.63, 3.8) is 0 Å². The molecule has 0 saturated carbocycles. The van der Waals surface area contributed by atoms with Gasteiger partial charge in [0.1, 0.15) is 0 Å². The molecule has 2 N–H and O–H groups in total. The van der Waals surface area contributed by atoms with Crippen molar-refractivity contribution in [1.29, 1.82) is 0 Å². The van der Waals surface area contributed by atoms with Crippen LogP contribution in [-0.2, 0) is 12.8 Å². The molecule has 1 aliphatic carbocycles. The third-order valence-electron chi connectivity index (χ3n) is 6.02. The second kappa shape index (κ2) is 6.91. The predicted octanol–water partition coefficient (Wildman–Crippen LogP) is 3.30. The summed E-state index contributed by atoms with van der Waals surface area (Å²) in [6.45, 7) is 3.95. The third-order valence-corrected chi connectivity index (χ3v) is 6.02. The SMILES string of the molecule is COc1cc2c(c(OC)c1O)-c1c(cc3c(c1OC)OCO3)C[C@@H](C)[C@](C)(O)C2. The van der Waals surface area contributed by atoms with Gasteiger partial charge in [-0.25, -0.2) is 0 Å². The van der Waals surface area contributed by atoms with Crippen molar-refractivity contribution < 1.29 is 33.9 Å². The minimum atomic E-state index is -0.983. The summed E-state index contributed by atoms with van der Waals surface area (Å²) in [6, 6.07) is 3.66. The van der Waals surface area contributed by atoms with Crippen LogP contribution in [0.15, 0.2) is 12.1 Å². The average Bonchev–Trinajstić information content (AvgIpc) is 3.15. The zero-order valence-electron chi connectivity index (χ0n) is 17.3. The Morgan fingerprint density at radius 3 is 2.34 bits per heavy atom. The van der Waals surface area contributed by atoms with E-state index in [2.05, 4.69) is 0 Å². The van der Waals surface area contributed by atoms with Crippen LogP contribution in [0.1, 0.15) is 25.0 Å². The normalized spacial score (nSPS) is 22.2. The van der Waals surface area contributed by atoms with Crippen LogP contribution < -0.4 is 23.7 Å². The molecule has 156 valence electrons. The first kappa shape index (κ1) is 19.5. The fourth-order valence-corrected chi connectivity index (χ4v) is 4.25. The largest absolute Gasteiger partial charge is 0.502 e. The summed E-state index contributed by atoms with van der Waals surface area (Å²) in [5, 5.41) is 22.0. The smallest absolute Gasteiger partial charge is 0.231 e. The Morgan fingerprint density at radius 2 is 1.69 bits per heavy atom. The highest BCUT2D eigenvalue weighted by Crippen LogP contribution is 2.56. The van der Waals surface area contributed by atoms with E-state index in [0.29, 0.717) is 35.7 Å². The summed E-state index contributed by atoms with van der Waals surface area (Å²) in [4.78, 5) is 0. The van der Waals surface area contributed by atoms with E-state index >= 15 is 0 Å². The van der Waals surface area contributed by atoms with Gasteiger partial charge in [0.05, 0.1) is 26.9 Å². The molecule has 0 fully saturated rings. The van der Waals surface area contributed by atoms with Crippen molar-refractivity contribution in [2.75, 3.05) is 28.1 Å². The van der Waals surface area contributed by atoms with Crippen molar-refractivity contribution in [2.45, 2.75) is 32.3 Å². The molecular formula is C22H26O7. The molecule has 0 aromatic heterocycles. The van der Waals surface area contributed by atoms with Gasteiger partial charge in [-0.05, 0) is 42.5 Å².